The summed E-state index contributed by atoms with van der Waals surface area (Å²) in [6, 6.07) is 7.14. The molecule has 1 heterocycles. The van der Waals surface area contributed by atoms with Gasteiger partial charge < -0.3 is 21.0 Å². The number of amidine groups is 1. The number of aliphatic hydroxyl groups is 1. The van der Waals surface area contributed by atoms with Crippen molar-refractivity contribution in [2.45, 2.75) is 51.5 Å². The zero-order valence-electron chi connectivity index (χ0n) is 19.4. The van der Waals surface area contributed by atoms with E-state index in [-0.39, 0.29) is 12.4 Å². The van der Waals surface area contributed by atoms with Gasteiger partial charge in [0.2, 0.25) is 0 Å². The average Bonchev–Trinajstić information content (AvgIpc) is 2.81. The van der Waals surface area contributed by atoms with Crippen molar-refractivity contribution in [1.82, 2.24) is 20.7 Å². The smallest absolute Gasteiger partial charge is 0.410 e. The molecule has 11 heteroatoms. The van der Waals surface area contributed by atoms with E-state index in [0.717, 1.165) is 19.4 Å². The normalized spacial score (nSPS) is 14.5. The number of carbonyl (C=O) groups is 1. The summed E-state index contributed by atoms with van der Waals surface area (Å²) < 4.78 is 0. The van der Waals surface area contributed by atoms with Crippen LogP contribution in [0.15, 0.2) is 24.3 Å². The van der Waals surface area contributed by atoms with Crippen LogP contribution in [0.1, 0.15) is 51.8 Å². The Kier molecular flexibility index (Phi) is 8.65. The lowest BCUT2D eigenvalue weighted by atomic mass is 9.89. The van der Waals surface area contributed by atoms with E-state index in [9.17, 15) is 9.90 Å². The topological polar surface area (TPSA) is 155 Å². The highest BCUT2D eigenvalue weighted by Crippen LogP contribution is 2.34. The largest absolute Gasteiger partial charge is 0.465 e. The Morgan fingerprint density at radius 3 is 2.62 bits per heavy atom. The average molecular weight is 490 g/mol. The van der Waals surface area contributed by atoms with Crippen LogP contribution in [0.4, 0.5) is 16.3 Å². The van der Waals surface area contributed by atoms with Crippen LogP contribution in [0.3, 0.4) is 0 Å². The molecule has 0 saturated heterocycles. The first-order valence-corrected chi connectivity index (χ1v) is 11.7. The first-order chi connectivity index (χ1) is 16.2. The van der Waals surface area contributed by atoms with Gasteiger partial charge >= 0.3 is 6.09 Å². The van der Waals surface area contributed by atoms with Gasteiger partial charge in [-0.3, -0.25) is 10.7 Å². The number of aromatic nitrogens is 2. The second kappa shape index (κ2) is 11.5. The van der Waals surface area contributed by atoms with Gasteiger partial charge in [-0.05, 0) is 44.7 Å². The molecule has 10 nitrogen and oxygen atoms in total. The fourth-order valence-electron chi connectivity index (χ4n) is 3.74. The van der Waals surface area contributed by atoms with Gasteiger partial charge in [-0.2, -0.15) is 0 Å². The highest BCUT2D eigenvalue weighted by atomic mass is 35.5. The molecule has 1 aliphatic rings. The number of hydrogen-bond acceptors (Lipinski definition) is 8. The van der Waals surface area contributed by atoms with Gasteiger partial charge in [0.15, 0.2) is 17.5 Å². The molecule has 1 saturated carbocycles. The number of halogens is 1. The SMILES string of the molecule is CC(C)(CO)NNc1nc(C(=N)NC(=O)O)nc(-c2cccc(Cl)c2)c1NCC1CCCCC1. The highest BCUT2D eigenvalue weighted by Gasteiger charge is 2.23. The lowest BCUT2D eigenvalue weighted by Crippen LogP contribution is -2.46. The number of nitrogens with zero attached hydrogens (tertiary/aromatic N) is 2. The predicted octanol–water partition coefficient (Wildman–Crippen LogP) is 4.07. The number of hydrazine groups is 1. The number of rotatable bonds is 9. The van der Waals surface area contributed by atoms with Gasteiger partial charge in [0, 0.05) is 17.1 Å². The van der Waals surface area contributed by atoms with E-state index in [1.165, 1.54) is 19.3 Å². The van der Waals surface area contributed by atoms with E-state index < -0.39 is 17.5 Å². The van der Waals surface area contributed by atoms with E-state index >= 15 is 0 Å². The molecular weight excluding hydrogens is 458 g/mol. The Hall–Kier alpha value is -2.95. The minimum absolute atomic E-state index is 0.105. The van der Waals surface area contributed by atoms with Crippen LogP contribution in [-0.4, -0.2) is 50.8 Å². The van der Waals surface area contributed by atoms with Crippen molar-refractivity contribution < 1.29 is 15.0 Å². The third kappa shape index (κ3) is 7.02. The van der Waals surface area contributed by atoms with Crippen LogP contribution in [0, 0.1) is 11.3 Å². The number of aliphatic hydroxyl groups excluding tert-OH is 1. The van der Waals surface area contributed by atoms with Gasteiger partial charge in [-0.25, -0.2) is 20.2 Å². The predicted molar refractivity (Wildman–Crippen MR) is 133 cm³/mol. The molecule has 1 amide bonds. The van der Waals surface area contributed by atoms with E-state index in [4.69, 9.17) is 22.1 Å². The molecule has 0 bridgehead atoms. The number of carboxylic acid groups (broad SMARTS) is 1. The van der Waals surface area contributed by atoms with Gasteiger partial charge in [0.05, 0.1) is 17.8 Å². The number of benzene rings is 1. The van der Waals surface area contributed by atoms with Crippen molar-refractivity contribution in [1.29, 1.82) is 5.41 Å². The zero-order chi connectivity index (χ0) is 24.7. The minimum Gasteiger partial charge on any atom is -0.465 e. The van der Waals surface area contributed by atoms with Gasteiger partial charge in [-0.15, -0.1) is 0 Å². The Balaban J connectivity index is 2.07. The fourth-order valence-corrected chi connectivity index (χ4v) is 3.93. The zero-order valence-corrected chi connectivity index (χ0v) is 20.2. The fraction of sp³-hybridized carbons (Fsp3) is 0.478. The summed E-state index contributed by atoms with van der Waals surface area (Å²) in [7, 11) is 0. The summed E-state index contributed by atoms with van der Waals surface area (Å²) in [5, 5.41) is 32.9. The Morgan fingerprint density at radius 1 is 1.24 bits per heavy atom. The van der Waals surface area contributed by atoms with Crippen LogP contribution >= 0.6 is 11.6 Å². The van der Waals surface area contributed by atoms with Gasteiger partial charge in [0.25, 0.3) is 0 Å². The van der Waals surface area contributed by atoms with E-state index in [2.05, 4.69) is 26.1 Å². The summed E-state index contributed by atoms with van der Waals surface area (Å²) in [6.45, 7) is 4.20. The van der Waals surface area contributed by atoms with Gasteiger partial charge in [0.1, 0.15) is 5.69 Å². The molecule has 1 aromatic carbocycles. The molecule has 34 heavy (non-hydrogen) atoms. The summed E-state index contributed by atoms with van der Waals surface area (Å²) in [6.07, 6.45) is 4.57. The van der Waals surface area contributed by atoms with Crippen molar-refractivity contribution in [2.24, 2.45) is 5.92 Å². The molecule has 0 aliphatic heterocycles. The van der Waals surface area contributed by atoms with Gasteiger partial charge in [-0.1, -0.05) is 43.0 Å². The minimum atomic E-state index is -1.38. The second-order valence-electron chi connectivity index (χ2n) is 9.11. The standard InChI is InChI=1S/C23H32ClN7O3/c1-23(2,13-32)31-30-20-18(26-12-14-7-4-3-5-8-14)17(15-9-6-10-16(24)11-15)27-21(29-20)19(25)28-22(33)34/h6,9-11,14,26,31-32H,3-5,7-8,12-13H2,1-2H3,(H2,25,28)(H,33,34)(H,27,29,30). The maximum Gasteiger partial charge on any atom is 0.410 e. The lowest BCUT2D eigenvalue weighted by molar-refractivity contribution is 0.196. The maximum absolute atomic E-state index is 11.1. The number of anilines is 2. The molecule has 1 aliphatic carbocycles. The Labute approximate surface area is 204 Å². The highest BCUT2D eigenvalue weighted by molar-refractivity contribution is 6.30. The van der Waals surface area contributed by atoms with Crippen LogP contribution in [-0.2, 0) is 0 Å². The molecule has 0 spiro atoms. The quantitative estimate of drug-likeness (QED) is 0.158. The molecule has 184 valence electrons. The molecular formula is C23H32ClN7O3. The van der Waals surface area contributed by atoms with Crippen molar-refractivity contribution in [3.63, 3.8) is 0 Å². The number of hydrogen-bond donors (Lipinski definition) is 7. The van der Waals surface area contributed by atoms with E-state index in [1.807, 2.05) is 25.2 Å². The first kappa shape index (κ1) is 25.7. The molecule has 1 fully saturated rings. The van der Waals surface area contributed by atoms with Crippen molar-refractivity contribution in [3.05, 3.63) is 35.1 Å². The van der Waals surface area contributed by atoms with Crippen molar-refractivity contribution in [2.75, 3.05) is 23.9 Å². The van der Waals surface area contributed by atoms with Crippen LogP contribution in [0.2, 0.25) is 5.02 Å². The molecule has 0 atom stereocenters. The molecule has 2 aromatic rings. The number of nitrogens with one attached hydrogen (secondary N) is 5. The summed E-state index contributed by atoms with van der Waals surface area (Å²) in [5.74, 6) is 0.280. The van der Waals surface area contributed by atoms with E-state index in [1.54, 1.807) is 18.2 Å². The van der Waals surface area contributed by atoms with Crippen LogP contribution < -0.4 is 21.5 Å². The Bertz CT molecular complexity index is 1030. The van der Waals surface area contributed by atoms with Crippen LogP contribution in [0.25, 0.3) is 11.3 Å². The first-order valence-electron chi connectivity index (χ1n) is 11.3. The Morgan fingerprint density at radius 2 is 1.97 bits per heavy atom. The molecule has 0 radical (unpaired) electrons. The molecule has 7 N–H and O–H groups in total. The van der Waals surface area contributed by atoms with Crippen molar-refractivity contribution >= 4 is 35.0 Å². The van der Waals surface area contributed by atoms with Crippen LogP contribution in [0.5, 0.6) is 0 Å². The summed E-state index contributed by atoms with van der Waals surface area (Å²) in [5.41, 5.74) is 7.17. The van der Waals surface area contributed by atoms with E-state index in [0.29, 0.717) is 33.7 Å². The molecule has 1 aromatic heterocycles. The second-order valence-corrected chi connectivity index (χ2v) is 9.55. The summed E-state index contributed by atoms with van der Waals surface area (Å²) in [4.78, 5) is 20.1. The monoisotopic (exact) mass is 489 g/mol. The van der Waals surface area contributed by atoms with Crippen molar-refractivity contribution in [3.8, 4) is 11.3 Å². The third-order valence-electron chi connectivity index (χ3n) is 5.67. The lowest BCUT2D eigenvalue weighted by Gasteiger charge is -2.27. The summed E-state index contributed by atoms with van der Waals surface area (Å²) >= 11 is 6.24. The third-order valence-corrected chi connectivity index (χ3v) is 5.90. The molecule has 0 unspecified atom stereocenters. The number of amides is 1. The molecule has 3 rings (SSSR count). The maximum atomic E-state index is 11.1.